The van der Waals surface area contributed by atoms with Gasteiger partial charge in [-0.05, 0) is 50.3 Å². The first-order valence-corrected chi connectivity index (χ1v) is 6.83. The third-order valence-corrected chi connectivity index (χ3v) is 4.05. The van der Waals surface area contributed by atoms with Crippen molar-refractivity contribution in [2.45, 2.75) is 31.9 Å². The molecule has 1 aromatic rings. The van der Waals surface area contributed by atoms with Gasteiger partial charge in [0, 0.05) is 11.5 Å². The molecular formula is C15H18F3NO. The van der Waals surface area contributed by atoms with Gasteiger partial charge in [-0.1, -0.05) is 12.1 Å². The summed E-state index contributed by atoms with van der Waals surface area (Å²) >= 11 is 0. The largest absolute Gasteiger partial charge is 0.416 e. The smallest absolute Gasteiger partial charge is 0.330 e. The van der Waals surface area contributed by atoms with Gasteiger partial charge in [0.2, 0.25) is 0 Å². The number of carbonyl (C=O) groups excluding carboxylic acids is 1. The third-order valence-electron chi connectivity index (χ3n) is 4.05. The highest BCUT2D eigenvalue weighted by atomic mass is 19.4. The Kier molecular flexibility index (Phi) is 4.48. The number of Topliss-reactive ketones (excluding diaryl/α,β-unsaturated/α-hetero) is 1. The molecule has 20 heavy (non-hydrogen) atoms. The van der Waals surface area contributed by atoms with Crippen molar-refractivity contribution in [3.8, 4) is 0 Å². The van der Waals surface area contributed by atoms with Gasteiger partial charge >= 0.3 is 6.18 Å². The third kappa shape index (κ3) is 3.39. The fourth-order valence-corrected chi connectivity index (χ4v) is 2.72. The van der Waals surface area contributed by atoms with Gasteiger partial charge in [-0.2, -0.15) is 13.2 Å². The molecule has 0 bridgehead atoms. The second-order valence-corrected chi connectivity index (χ2v) is 5.39. The molecule has 0 heterocycles. The molecule has 1 aliphatic rings. The van der Waals surface area contributed by atoms with Crippen LogP contribution in [0.2, 0.25) is 0 Å². The Labute approximate surface area is 116 Å². The van der Waals surface area contributed by atoms with Crippen molar-refractivity contribution in [2.75, 3.05) is 6.54 Å². The highest BCUT2D eigenvalue weighted by molar-refractivity contribution is 5.97. The topological polar surface area (TPSA) is 43.1 Å². The second-order valence-electron chi connectivity index (χ2n) is 5.39. The van der Waals surface area contributed by atoms with Crippen molar-refractivity contribution in [1.29, 1.82) is 0 Å². The molecule has 0 radical (unpaired) electrons. The summed E-state index contributed by atoms with van der Waals surface area (Å²) in [4.78, 5) is 12.2. The van der Waals surface area contributed by atoms with Gasteiger partial charge in [-0.3, -0.25) is 4.79 Å². The van der Waals surface area contributed by atoms with Gasteiger partial charge in [-0.25, -0.2) is 0 Å². The van der Waals surface area contributed by atoms with Crippen molar-refractivity contribution in [3.05, 3.63) is 35.4 Å². The SMILES string of the molecule is NCC1CCC(C(=O)c2ccc(C(F)(F)F)cc2)CC1. The Balaban J connectivity index is 2.03. The fraction of sp³-hybridized carbons (Fsp3) is 0.533. The maximum Gasteiger partial charge on any atom is 0.416 e. The first-order valence-electron chi connectivity index (χ1n) is 6.83. The van der Waals surface area contributed by atoms with Gasteiger partial charge < -0.3 is 5.73 Å². The van der Waals surface area contributed by atoms with Crippen LogP contribution in [0.15, 0.2) is 24.3 Å². The van der Waals surface area contributed by atoms with E-state index in [9.17, 15) is 18.0 Å². The van der Waals surface area contributed by atoms with Crippen LogP contribution in [-0.4, -0.2) is 12.3 Å². The number of alkyl halides is 3. The lowest BCUT2D eigenvalue weighted by molar-refractivity contribution is -0.137. The van der Waals surface area contributed by atoms with Crippen LogP contribution in [0.25, 0.3) is 0 Å². The number of ketones is 1. The zero-order valence-electron chi connectivity index (χ0n) is 11.1. The van der Waals surface area contributed by atoms with Gasteiger partial charge in [0.15, 0.2) is 5.78 Å². The Bertz CT molecular complexity index is 459. The summed E-state index contributed by atoms with van der Waals surface area (Å²) in [5, 5.41) is 0. The molecule has 0 unspecified atom stereocenters. The molecule has 0 spiro atoms. The van der Waals surface area contributed by atoms with E-state index in [0.29, 0.717) is 18.0 Å². The fourth-order valence-electron chi connectivity index (χ4n) is 2.72. The average Bonchev–Trinajstić information content (AvgIpc) is 2.46. The van der Waals surface area contributed by atoms with Gasteiger partial charge in [0.25, 0.3) is 0 Å². The molecule has 0 aliphatic heterocycles. The summed E-state index contributed by atoms with van der Waals surface area (Å²) in [5.41, 5.74) is 5.25. The molecule has 5 heteroatoms. The highest BCUT2D eigenvalue weighted by Gasteiger charge is 2.31. The second kappa shape index (κ2) is 5.95. The molecule has 1 saturated carbocycles. The van der Waals surface area contributed by atoms with Crippen molar-refractivity contribution >= 4 is 5.78 Å². The van der Waals surface area contributed by atoms with Crippen LogP contribution in [0, 0.1) is 11.8 Å². The predicted octanol–water partition coefficient (Wildman–Crippen LogP) is 3.65. The van der Waals surface area contributed by atoms with E-state index in [1.54, 1.807) is 0 Å². The molecule has 2 nitrogen and oxygen atoms in total. The Morgan fingerprint density at radius 3 is 2.10 bits per heavy atom. The summed E-state index contributed by atoms with van der Waals surface area (Å²) < 4.78 is 37.4. The molecule has 0 aromatic heterocycles. The van der Waals surface area contributed by atoms with Crippen LogP contribution in [0.1, 0.15) is 41.6 Å². The van der Waals surface area contributed by atoms with Gasteiger partial charge in [0.1, 0.15) is 0 Å². The minimum atomic E-state index is -4.36. The van der Waals surface area contributed by atoms with Crippen LogP contribution >= 0.6 is 0 Å². The van der Waals surface area contributed by atoms with E-state index >= 15 is 0 Å². The molecule has 0 amide bonds. The number of hydrogen-bond acceptors (Lipinski definition) is 2. The maximum absolute atomic E-state index is 12.5. The average molecular weight is 285 g/mol. The number of halogens is 3. The maximum atomic E-state index is 12.5. The van der Waals surface area contributed by atoms with E-state index in [0.717, 1.165) is 37.8 Å². The summed E-state index contributed by atoms with van der Waals surface area (Å²) in [6.07, 6.45) is -0.953. The molecule has 2 N–H and O–H groups in total. The summed E-state index contributed by atoms with van der Waals surface area (Å²) in [7, 11) is 0. The summed E-state index contributed by atoms with van der Waals surface area (Å²) in [6.45, 7) is 0.640. The monoisotopic (exact) mass is 285 g/mol. The molecule has 1 fully saturated rings. The van der Waals surface area contributed by atoms with Crippen molar-refractivity contribution in [2.24, 2.45) is 17.6 Å². The zero-order chi connectivity index (χ0) is 14.8. The molecule has 0 saturated heterocycles. The van der Waals surface area contributed by atoms with Crippen molar-refractivity contribution in [3.63, 3.8) is 0 Å². The van der Waals surface area contributed by atoms with E-state index in [1.807, 2.05) is 0 Å². The van der Waals surface area contributed by atoms with Gasteiger partial charge in [0.05, 0.1) is 5.56 Å². The first kappa shape index (κ1) is 15.0. The van der Waals surface area contributed by atoms with Crippen LogP contribution in [0.5, 0.6) is 0 Å². The first-order chi connectivity index (χ1) is 9.41. The van der Waals surface area contributed by atoms with E-state index in [2.05, 4.69) is 0 Å². The quantitative estimate of drug-likeness (QED) is 0.861. The predicted molar refractivity (Wildman–Crippen MR) is 70.3 cm³/mol. The van der Waals surface area contributed by atoms with Gasteiger partial charge in [-0.15, -0.1) is 0 Å². The molecule has 1 aromatic carbocycles. The van der Waals surface area contributed by atoms with Crippen LogP contribution in [0.3, 0.4) is 0 Å². The van der Waals surface area contributed by atoms with Crippen LogP contribution in [-0.2, 0) is 6.18 Å². The minimum Gasteiger partial charge on any atom is -0.330 e. The number of benzene rings is 1. The molecular weight excluding hydrogens is 267 g/mol. The minimum absolute atomic E-state index is 0.0470. The zero-order valence-corrected chi connectivity index (χ0v) is 11.1. The summed E-state index contributed by atoms with van der Waals surface area (Å²) in [5.74, 6) is 0.357. The van der Waals surface area contributed by atoms with Crippen molar-refractivity contribution in [1.82, 2.24) is 0 Å². The van der Waals surface area contributed by atoms with E-state index in [-0.39, 0.29) is 11.7 Å². The van der Waals surface area contributed by atoms with Crippen LogP contribution < -0.4 is 5.73 Å². The standard InChI is InChI=1S/C15H18F3NO/c16-15(17,18)13-7-5-12(6-8-13)14(20)11-3-1-10(9-19)2-4-11/h5-8,10-11H,1-4,9,19H2. The Hall–Kier alpha value is -1.36. The number of nitrogens with two attached hydrogens (primary N) is 1. The normalized spacial score (nSPS) is 23.6. The van der Waals surface area contributed by atoms with Crippen LogP contribution in [0.4, 0.5) is 13.2 Å². The Morgan fingerprint density at radius 1 is 1.10 bits per heavy atom. The lowest BCUT2D eigenvalue weighted by Gasteiger charge is -2.26. The van der Waals surface area contributed by atoms with E-state index in [1.165, 1.54) is 12.1 Å². The molecule has 110 valence electrons. The number of rotatable bonds is 3. The molecule has 0 atom stereocenters. The highest BCUT2D eigenvalue weighted by Crippen LogP contribution is 2.32. The Morgan fingerprint density at radius 2 is 1.65 bits per heavy atom. The number of carbonyl (C=O) groups is 1. The summed E-state index contributed by atoms with van der Waals surface area (Å²) in [6, 6.07) is 4.50. The molecule has 1 aliphatic carbocycles. The van der Waals surface area contributed by atoms with E-state index < -0.39 is 11.7 Å². The lowest BCUT2D eigenvalue weighted by Crippen LogP contribution is -2.25. The molecule has 2 rings (SSSR count). The number of hydrogen-bond donors (Lipinski definition) is 1. The lowest BCUT2D eigenvalue weighted by atomic mass is 9.78. The van der Waals surface area contributed by atoms with E-state index in [4.69, 9.17) is 5.73 Å². The van der Waals surface area contributed by atoms with Crippen molar-refractivity contribution < 1.29 is 18.0 Å².